The summed E-state index contributed by atoms with van der Waals surface area (Å²) in [4.78, 5) is 4.18. The molecule has 0 spiro atoms. The van der Waals surface area contributed by atoms with Gasteiger partial charge in [0.2, 0.25) is 0 Å². The van der Waals surface area contributed by atoms with Crippen molar-refractivity contribution >= 4 is 28.1 Å². The number of hydrogen-bond acceptors (Lipinski definition) is 1. The fourth-order valence-corrected chi connectivity index (χ4v) is 2.14. The van der Waals surface area contributed by atoms with Gasteiger partial charge in [0.15, 0.2) is 0 Å². The molecular formula is C18H23ClN2Y-2. The maximum atomic E-state index is 6.03. The summed E-state index contributed by atoms with van der Waals surface area (Å²) in [6.45, 7) is 11.9. The monoisotopic (exact) mass is 391 g/mol. The zero-order valence-electron chi connectivity index (χ0n) is 14.1. The summed E-state index contributed by atoms with van der Waals surface area (Å²) < 4.78 is 0. The third-order valence-corrected chi connectivity index (χ3v) is 4.38. The summed E-state index contributed by atoms with van der Waals surface area (Å²) in [6, 6.07) is 6.00. The third-order valence-electron chi connectivity index (χ3n) is 4.08. The van der Waals surface area contributed by atoms with Gasteiger partial charge in [-0.05, 0) is 17.4 Å². The molecule has 0 aliphatic carbocycles. The molecule has 0 saturated carbocycles. The summed E-state index contributed by atoms with van der Waals surface area (Å²) >= 11 is 6.03. The van der Waals surface area contributed by atoms with Crippen molar-refractivity contribution in [3.8, 4) is 0 Å². The van der Waals surface area contributed by atoms with Crippen LogP contribution in [0.3, 0.4) is 0 Å². The average molecular weight is 392 g/mol. The Kier molecular flexibility index (Phi) is 7.30. The van der Waals surface area contributed by atoms with Gasteiger partial charge in [-0.1, -0.05) is 50.6 Å². The van der Waals surface area contributed by atoms with E-state index in [1.54, 1.807) is 0 Å². The van der Waals surface area contributed by atoms with Gasteiger partial charge in [0, 0.05) is 44.3 Å². The van der Waals surface area contributed by atoms with Gasteiger partial charge in [-0.25, -0.2) is 4.98 Å². The molecule has 0 amide bonds. The molecule has 2 aromatic rings. The van der Waals surface area contributed by atoms with E-state index >= 15 is 0 Å². The van der Waals surface area contributed by atoms with E-state index in [1.807, 2.05) is 24.4 Å². The van der Waals surface area contributed by atoms with Crippen molar-refractivity contribution in [3.63, 3.8) is 0 Å². The Labute approximate surface area is 164 Å². The largest absolute Gasteiger partial charge is 0.684 e. The Bertz CT molecular complexity index is 623. The Balaban J connectivity index is 0.000000264. The van der Waals surface area contributed by atoms with E-state index in [0.29, 0.717) is 10.6 Å². The predicted octanol–water partition coefficient (Wildman–Crippen LogP) is 6.09. The molecule has 1 aliphatic heterocycles. The summed E-state index contributed by atoms with van der Waals surface area (Å²) in [7, 11) is 0. The number of hydrogen-bond donors (Lipinski definition) is 0. The van der Waals surface area contributed by atoms with Gasteiger partial charge in [-0.15, -0.1) is 12.2 Å². The second kappa shape index (κ2) is 8.08. The smallest absolute Gasteiger partial charge is 0.136 e. The van der Waals surface area contributed by atoms with Gasteiger partial charge in [-0.3, -0.25) is 0 Å². The van der Waals surface area contributed by atoms with Crippen molar-refractivity contribution in [2.24, 2.45) is 5.41 Å². The van der Waals surface area contributed by atoms with Crippen LogP contribution in [0.25, 0.3) is 16.1 Å². The Hall–Kier alpha value is -0.176. The van der Waals surface area contributed by atoms with Gasteiger partial charge in [0.05, 0.1) is 0 Å². The zero-order chi connectivity index (χ0) is 15.6. The van der Waals surface area contributed by atoms with E-state index in [2.05, 4.69) is 44.9 Å². The molecule has 0 N–H and O–H groups in total. The maximum absolute atomic E-state index is 6.03. The van der Waals surface area contributed by atoms with E-state index in [9.17, 15) is 0 Å². The van der Waals surface area contributed by atoms with Crippen LogP contribution in [-0.4, -0.2) is 11.5 Å². The van der Waals surface area contributed by atoms with Gasteiger partial charge in [-0.2, -0.15) is 19.3 Å². The number of pyridine rings is 1. The molecule has 1 aromatic carbocycles. The molecule has 3 rings (SSSR count). The van der Waals surface area contributed by atoms with Gasteiger partial charge >= 0.3 is 0 Å². The standard InChI is InChI=1S/C11H8ClN2.C7H15.Y/c12-11-8-2-1-3-9-10(8)7(6-14-11)4-5-13-9;1-6(2)7(3,4)5;/h1-3,6H,4-5H2;1-5H3;/q2*-1;. The molecule has 2 nitrogen and oxygen atoms in total. The van der Waals surface area contributed by atoms with Gasteiger partial charge < -0.3 is 11.2 Å². The molecule has 0 unspecified atom stereocenters. The molecule has 1 radical (unpaired) electrons. The van der Waals surface area contributed by atoms with Crippen molar-refractivity contribution in [2.75, 3.05) is 6.54 Å². The van der Waals surface area contributed by atoms with Crippen molar-refractivity contribution in [1.29, 1.82) is 0 Å². The van der Waals surface area contributed by atoms with Crippen molar-refractivity contribution in [3.05, 3.63) is 46.3 Å². The van der Waals surface area contributed by atoms with Crippen LogP contribution >= 0.6 is 11.6 Å². The summed E-state index contributed by atoms with van der Waals surface area (Å²) in [5, 5.41) is 7.24. The quantitative estimate of drug-likeness (QED) is 0.394. The summed E-state index contributed by atoms with van der Waals surface area (Å²) in [5.41, 5.74) is 2.73. The normalized spacial score (nSPS) is 13.0. The van der Waals surface area contributed by atoms with Gasteiger partial charge in [0.1, 0.15) is 5.15 Å². The van der Waals surface area contributed by atoms with Crippen LogP contribution in [0.1, 0.15) is 40.2 Å². The molecule has 117 valence electrons. The molecule has 0 fully saturated rings. The minimum absolute atomic E-state index is 0. The van der Waals surface area contributed by atoms with Crippen molar-refractivity contribution < 1.29 is 32.7 Å². The molecule has 0 saturated heterocycles. The zero-order valence-corrected chi connectivity index (χ0v) is 17.7. The van der Waals surface area contributed by atoms with Crippen LogP contribution in [0.4, 0.5) is 5.69 Å². The van der Waals surface area contributed by atoms with E-state index in [1.165, 1.54) is 16.9 Å². The Morgan fingerprint density at radius 1 is 1.23 bits per heavy atom. The first-order valence-electron chi connectivity index (χ1n) is 7.35. The molecule has 0 atom stereocenters. The number of halogens is 1. The summed E-state index contributed by atoms with van der Waals surface area (Å²) in [6.07, 6.45) is 2.83. The topological polar surface area (TPSA) is 27.0 Å². The fraction of sp³-hybridized carbons (Fsp3) is 0.444. The average Bonchev–Trinajstić information content (AvgIpc) is 2.43. The minimum Gasteiger partial charge on any atom is -0.684 e. The first-order valence-corrected chi connectivity index (χ1v) is 7.72. The molecular weight excluding hydrogens is 369 g/mol. The van der Waals surface area contributed by atoms with Crippen LogP contribution in [-0.2, 0) is 39.1 Å². The number of aromatic nitrogens is 1. The maximum Gasteiger partial charge on any atom is 0.136 e. The molecule has 2 heterocycles. The van der Waals surface area contributed by atoms with E-state index in [0.717, 1.165) is 24.0 Å². The van der Waals surface area contributed by atoms with Gasteiger partial charge in [0.25, 0.3) is 0 Å². The van der Waals surface area contributed by atoms with Crippen LogP contribution in [0.5, 0.6) is 0 Å². The molecule has 22 heavy (non-hydrogen) atoms. The second-order valence-corrected chi connectivity index (χ2v) is 7.01. The molecule has 0 bridgehead atoms. The van der Waals surface area contributed by atoms with Crippen LogP contribution in [0.15, 0.2) is 24.4 Å². The Morgan fingerprint density at radius 3 is 2.45 bits per heavy atom. The summed E-state index contributed by atoms with van der Waals surface area (Å²) in [5.74, 6) is 1.49. The number of rotatable bonds is 0. The first kappa shape index (κ1) is 19.9. The van der Waals surface area contributed by atoms with E-state index in [-0.39, 0.29) is 32.7 Å². The van der Waals surface area contributed by atoms with Crippen molar-refractivity contribution in [1.82, 2.24) is 4.98 Å². The third kappa shape index (κ3) is 4.66. The second-order valence-electron chi connectivity index (χ2n) is 6.66. The number of nitrogens with zero attached hydrogens (tertiary/aromatic N) is 2. The van der Waals surface area contributed by atoms with Crippen molar-refractivity contribution in [2.45, 2.75) is 41.0 Å². The molecule has 4 heteroatoms. The van der Waals surface area contributed by atoms with E-state index < -0.39 is 0 Å². The molecule has 1 aromatic heterocycles. The van der Waals surface area contributed by atoms with Crippen LogP contribution < -0.4 is 0 Å². The Morgan fingerprint density at radius 2 is 1.86 bits per heavy atom. The predicted molar refractivity (Wildman–Crippen MR) is 92.4 cm³/mol. The van der Waals surface area contributed by atoms with E-state index in [4.69, 9.17) is 11.6 Å². The number of benzene rings is 1. The first-order chi connectivity index (χ1) is 9.80. The fourth-order valence-electron chi connectivity index (χ4n) is 1.94. The minimum atomic E-state index is 0. The van der Waals surface area contributed by atoms with Crippen LogP contribution in [0, 0.1) is 11.3 Å². The van der Waals surface area contributed by atoms with Crippen LogP contribution in [0.2, 0.25) is 5.15 Å². The SMILES string of the molecule is C[C-](C)C(C)(C)C.Clc1ncc2c3c(cccc13)[N-]CC2.[Y]. The molecule has 1 aliphatic rings.